The standard InChI is InChI=1S/C54H50N16O15S3/c1-20(2)13-31-51-67-33(16-85-51)44(76)55-14-37-63-34(17-86-37)46(78)61-26(8)52-68-35(18-87-52)47(79)59-24(6)42(74)60-25(7)50-66-32(15-84-50)39-29(53-69-36(19-88-53)48(80)70-38(28(10)71)49(81)65-31)11-12-30(64-39)45(77)58-23(5)41(73)56-21(3)40(72)57-22(4)43(75)62-27(9)54(82)83/h11-13,15-20,26,28,38,71H,3-7,9,14H2,1-2,8,10H3,(H,55,76)(H,56,73)(H,57,72)(H,58,77)(H,59,79)(H,60,74)(H,61,78)(H,62,75)(H,65,81)(H,70,80)(H,82,83)/b31-13+/t26-,28+,38-/m1/s1. The van der Waals surface area contributed by atoms with Gasteiger partial charge in [-0.25, -0.2) is 34.7 Å². The minimum atomic E-state index is -1.64. The summed E-state index contributed by atoms with van der Waals surface area (Å²) in [6, 6.07) is 0.138. The van der Waals surface area contributed by atoms with Crippen molar-refractivity contribution in [3.63, 3.8) is 0 Å². The summed E-state index contributed by atoms with van der Waals surface area (Å²) in [5.41, 5.74) is -4.69. The van der Waals surface area contributed by atoms with Gasteiger partial charge in [-0.05, 0) is 31.9 Å². The van der Waals surface area contributed by atoms with Crippen molar-refractivity contribution in [1.29, 1.82) is 0 Å². The van der Waals surface area contributed by atoms with Gasteiger partial charge in [0.15, 0.2) is 5.69 Å². The van der Waals surface area contributed by atoms with Crippen molar-refractivity contribution in [2.24, 2.45) is 5.92 Å². The van der Waals surface area contributed by atoms with Crippen LogP contribution < -0.4 is 53.2 Å². The van der Waals surface area contributed by atoms with E-state index < -0.39 is 117 Å². The third kappa shape index (κ3) is 15.9. The molecule has 7 rings (SSSR count). The van der Waals surface area contributed by atoms with Crippen LogP contribution in [0.25, 0.3) is 33.4 Å². The predicted molar refractivity (Wildman–Crippen MR) is 312 cm³/mol. The number of nitrogens with one attached hydrogen (secondary N) is 10. The molecule has 0 aromatic carbocycles. The number of aliphatic carboxylic acids is 1. The van der Waals surface area contributed by atoms with E-state index in [1.165, 1.54) is 35.2 Å². The van der Waals surface area contributed by atoms with Crippen LogP contribution in [-0.2, 0) is 35.3 Å². The van der Waals surface area contributed by atoms with Gasteiger partial charge in [-0.3, -0.25) is 47.9 Å². The zero-order chi connectivity index (χ0) is 64.4. The number of nitrogens with zero attached hydrogens (tertiary/aromatic N) is 6. The van der Waals surface area contributed by atoms with Gasteiger partial charge in [0.2, 0.25) is 17.7 Å². The minimum absolute atomic E-state index is 0.0193. The average Bonchev–Trinajstić information content (AvgIpc) is 2.61. The average molecular weight is 1260 g/mol. The number of rotatable bonds is 11. The molecule has 1 aliphatic rings. The Kier molecular flexibility index (Phi) is 20.2. The summed E-state index contributed by atoms with van der Waals surface area (Å²) in [7, 11) is 0. The van der Waals surface area contributed by atoms with Gasteiger partial charge < -0.3 is 72.2 Å². The lowest BCUT2D eigenvalue weighted by molar-refractivity contribution is -0.134. The molecule has 6 aromatic heterocycles. The summed E-state index contributed by atoms with van der Waals surface area (Å²) in [6.45, 7) is 27.1. The van der Waals surface area contributed by atoms with Crippen LogP contribution in [0, 0.1) is 5.92 Å². The molecule has 0 saturated heterocycles. The highest BCUT2D eigenvalue weighted by atomic mass is 32.1. The third-order valence-electron chi connectivity index (χ3n) is 11.5. The van der Waals surface area contributed by atoms with Crippen LogP contribution in [0.2, 0.25) is 0 Å². The molecule has 12 N–H and O–H groups in total. The normalized spacial score (nSPS) is 16.1. The molecule has 10 bridgehead atoms. The summed E-state index contributed by atoms with van der Waals surface area (Å²) in [5, 5.41) is 48.1. The number of pyridine rings is 1. The Morgan fingerprint density at radius 3 is 1.86 bits per heavy atom. The molecule has 1 aliphatic heterocycles. The lowest BCUT2D eigenvalue weighted by atomic mass is 10.1. The quantitative estimate of drug-likeness (QED) is 0.0826. The Morgan fingerprint density at radius 2 is 1.20 bits per heavy atom. The van der Waals surface area contributed by atoms with E-state index in [9.17, 15) is 57.8 Å². The summed E-state index contributed by atoms with van der Waals surface area (Å²) in [4.78, 5) is 170. The monoisotopic (exact) mass is 1260 g/mol. The van der Waals surface area contributed by atoms with Gasteiger partial charge in [-0.15, -0.1) is 34.0 Å². The first-order valence-corrected chi connectivity index (χ1v) is 27.9. The molecule has 0 spiro atoms. The first-order valence-electron chi connectivity index (χ1n) is 25.2. The molecule has 10 amide bonds. The van der Waals surface area contributed by atoms with Gasteiger partial charge >= 0.3 is 5.97 Å². The molecule has 34 heteroatoms. The second-order valence-corrected chi connectivity index (χ2v) is 21.4. The molecule has 0 aliphatic carbocycles. The molecule has 88 heavy (non-hydrogen) atoms. The highest BCUT2D eigenvalue weighted by Crippen LogP contribution is 2.34. The first kappa shape index (κ1) is 64.3. The van der Waals surface area contributed by atoms with Crippen LogP contribution in [0.3, 0.4) is 0 Å². The first-order chi connectivity index (χ1) is 41.6. The predicted octanol–water partition coefficient (Wildman–Crippen LogP) is 2.04. The van der Waals surface area contributed by atoms with Crippen molar-refractivity contribution in [1.82, 2.24) is 83.1 Å². The summed E-state index contributed by atoms with van der Waals surface area (Å²) >= 11 is 3.00. The number of amides is 10. The fraction of sp³-hybridized carbons (Fsp3) is 0.167. The van der Waals surface area contributed by atoms with Crippen molar-refractivity contribution < 1.29 is 71.8 Å². The second kappa shape index (κ2) is 27.7. The van der Waals surface area contributed by atoms with E-state index >= 15 is 0 Å². The van der Waals surface area contributed by atoms with Gasteiger partial charge in [0, 0.05) is 21.7 Å². The number of aliphatic hydroxyl groups excluding tert-OH is 1. The highest BCUT2D eigenvalue weighted by molar-refractivity contribution is 7.13. The number of aromatic nitrogens is 6. The molecule has 31 nitrogen and oxygen atoms in total. The molecule has 3 atom stereocenters. The zero-order valence-electron chi connectivity index (χ0n) is 46.5. The van der Waals surface area contributed by atoms with E-state index in [-0.39, 0.29) is 80.4 Å². The molecule has 0 saturated carbocycles. The number of hydrogen-bond acceptors (Lipinski definition) is 23. The topological polar surface area (TPSA) is 452 Å². The summed E-state index contributed by atoms with van der Waals surface area (Å²) < 4.78 is 11.3. The molecule has 0 unspecified atom stereocenters. The molecular weight excluding hydrogens is 1210 g/mol. The molecule has 7 heterocycles. The highest BCUT2D eigenvalue weighted by Gasteiger charge is 2.31. The Hall–Kier alpha value is -11.2. The molecule has 454 valence electrons. The number of oxazole rings is 2. The maximum Gasteiger partial charge on any atom is 0.351 e. The van der Waals surface area contributed by atoms with E-state index in [4.69, 9.17) is 13.9 Å². The third-order valence-corrected chi connectivity index (χ3v) is 14.2. The Balaban J connectivity index is 1.17. The van der Waals surface area contributed by atoms with Gasteiger partial charge in [-0.2, -0.15) is 0 Å². The van der Waals surface area contributed by atoms with E-state index in [1.54, 1.807) is 26.8 Å². The van der Waals surface area contributed by atoms with E-state index in [0.29, 0.717) is 10.0 Å². The van der Waals surface area contributed by atoms with Crippen LogP contribution in [0.4, 0.5) is 0 Å². The summed E-state index contributed by atoms with van der Waals surface area (Å²) in [6.07, 6.45) is 2.12. The van der Waals surface area contributed by atoms with Crippen molar-refractivity contribution in [3.8, 4) is 22.0 Å². The van der Waals surface area contributed by atoms with E-state index in [0.717, 1.165) is 46.5 Å². The van der Waals surface area contributed by atoms with Crippen LogP contribution in [0.5, 0.6) is 0 Å². The van der Waals surface area contributed by atoms with E-state index in [1.807, 2.05) is 10.6 Å². The lowest BCUT2D eigenvalue weighted by Crippen LogP contribution is -2.52. The number of carboxylic acid groups (broad SMARTS) is 1. The maximum atomic E-state index is 13.9. The lowest BCUT2D eigenvalue weighted by Gasteiger charge is -2.21. The molecule has 6 aromatic rings. The molecular formula is C54H50N16O15S3. The largest absolute Gasteiger partial charge is 0.477 e. The van der Waals surface area contributed by atoms with Crippen molar-refractivity contribution in [2.75, 3.05) is 0 Å². The number of carboxylic acids is 1. The number of aliphatic hydroxyl groups is 1. The van der Waals surface area contributed by atoms with Gasteiger partial charge in [0.1, 0.15) is 79.1 Å². The van der Waals surface area contributed by atoms with E-state index in [2.05, 4.69) is 112 Å². The second-order valence-electron chi connectivity index (χ2n) is 18.7. The summed E-state index contributed by atoms with van der Waals surface area (Å²) in [5.74, 6) is -11.9. The number of hydrogen-bond donors (Lipinski definition) is 12. The smallest absolute Gasteiger partial charge is 0.351 e. The Bertz CT molecular complexity index is 4010. The molecule has 0 radical (unpaired) electrons. The fourth-order valence-corrected chi connectivity index (χ4v) is 9.41. The number of thiazole rings is 3. The number of fused-ring (bicyclic) bond motifs is 13. The van der Waals surface area contributed by atoms with Crippen molar-refractivity contribution in [3.05, 3.63) is 165 Å². The van der Waals surface area contributed by atoms with Crippen LogP contribution in [0.1, 0.15) is 108 Å². The van der Waals surface area contributed by atoms with Crippen LogP contribution in [0.15, 0.2) is 124 Å². The van der Waals surface area contributed by atoms with Crippen molar-refractivity contribution in [2.45, 2.75) is 52.4 Å². The van der Waals surface area contributed by atoms with Gasteiger partial charge in [-0.1, -0.05) is 59.4 Å². The number of allylic oxidation sites excluding steroid dienone is 1. The minimum Gasteiger partial charge on any atom is -0.477 e. The zero-order valence-corrected chi connectivity index (χ0v) is 48.9. The van der Waals surface area contributed by atoms with Gasteiger partial charge in [0.25, 0.3) is 53.2 Å². The Labute approximate surface area is 508 Å². The number of carbonyl (C=O) groups excluding carboxylic acids is 10. The van der Waals surface area contributed by atoms with Crippen LogP contribution >= 0.6 is 34.0 Å². The van der Waals surface area contributed by atoms with Crippen molar-refractivity contribution >= 4 is 110 Å². The van der Waals surface area contributed by atoms with Gasteiger partial charge in [0.05, 0.1) is 47.2 Å². The number of carbonyl (C=O) groups is 11. The molecule has 0 fully saturated rings. The Morgan fingerprint density at radius 1 is 0.636 bits per heavy atom. The maximum absolute atomic E-state index is 13.9. The SMILES string of the molecule is C=C(NC(=O)C(=C)NC(=O)C(=C)NC(=O)C(=C)NC(=O)c1ccc2c(n1)-c1coc(n1)C(=C)NC(=O)C(=C)NC(=O)c1csc(n1)[C@@H](C)NC(=O)c1csc(n1)CNC(=O)c1coc(n1)/C(=C\C(C)C)NC(=O)[C@@H]([C@H](C)O)NC(=O)c1csc-2n1)C(=O)O. The van der Waals surface area contributed by atoms with Crippen LogP contribution in [-0.4, -0.2) is 117 Å². The fourth-order valence-electron chi connectivity index (χ4n) is 7.06.